The number of nitrogens with zero attached hydrogens (tertiary/aromatic N) is 2. The van der Waals surface area contributed by atoms with Gasteiger partial charge in [-0.3, -0.25) is 4.79 Å². The molecule has 0 unspecified atom stereocenters. The summed E-state index contributed by atoms with van der Waals surface area (Å²) in [4.78, 5) is 19.2. The summed E-state index contributed by atoms with van der Waals surface area (Å²) in [5.41, 5.74) is 1.29. The number of fused-ring (bicyclic) bond motifs is 1. The maximum Gasteiger partial charge on any atom is 0.272 e. The Labute approximate surface area is 104 Å². The third-order valence-electron chi connectivity index (χ3n) is 2.03. The fourth-order valence-electron chi connectivity index (χ4n) is 1.32. The van der Waals surface area contributed by atoms with Gasteiger partial charge in [0.15, 0.2) is 9.92 Å². The fourth-order valence-corrected chi connectivity index (χ4v) is 2.90. The van der Waals surface area contributed by atoms with Crippen LogP contribution in [0.25, 0.3) is 11.1 Å². The van der Waals surface area contributed by atoms with Crippen molar-refractivity contribution >= 4 is 34.2 Å². The van der Waals surface area contributed by atoms with E-state index in [-0.39, 0.29) is 5.56 Å². The molecule has 0 aliphatic rings. The topological polar surface area (TPSA) is 56.0 Å². The molecule has 1 aromatic carbocycles. The van der Waals surface area contributed by atoms with Crippen LogP contribution >= 0.6 is 23.1 Å². The van der Waals surface area contributed by atoms with Crippen LogP contribution in [0, 0.1) is 0 Å². The second kappa shape index (κ2) is 4.31. The lowest BCUT2D eigenvalue weighted by atomic mass is 10.3. The maximum absolute atomic E-state index is 11.1. The molecule has 0 fully saturated rings. The second-order valence-electron chi connectivity index (χ2n) is 3.19. The summed E-state index contributed by atoms with van der Waals surface area (Å²) in [6.07, 6.45) is 0. The van der Waals surface area contributed by atoms with Crippen LogP contribution in [0.15, 0.2) is 54.5 Å². The Morgan fingerprint density at radius 1 is 1.18 bits per heavy atom. The quantitative estimate of drug-likeness (QED) is 0.710. The van der Waals surface area contributed by atoms with Crippen molar-refractivity contribution in [3.63, 3.8) is 0 Å². The molecule has 84 valence electrons. The van der Waals surface area contributed by atoms with Crippen molar-refractivity contribution in [3.8, 4) is 0 Å². The molecule has 2 heterocycles. The third-order valence-corrected chi connectivity index (χ3v) is 3.75. The molecule has 4 nitrogen and oxygen atoms in total. The third kappa shape index (κ3) is 2.22. The van der Waals surface area contributed by atoms with E-state index in [0.717, 1.165) is 11.1 Å². The molecule has 0 aliphatic carbocycles. The van der Waals surface area contributed by atoms with Crippen LogP contribution < -0.4 is 5.56 Å². The van der Waals surface area contributed by atoms with E-state index < -0.39 is 0 Å². The molecular weight excluding hydrogens is 256 g/mol. The van der Waals surface area contributed by atoms with E-state index in [1.807, 2.05) is 24.3 Å². The number of oxazole rings is 1. The SMILES string of the molecule is O=c1ccsc(Sc2nc3ccccc3o2)n1. The first-order chi connectivity index (χ1) is 8.31. The molecule has 0 amide bonds. The van der Waals surface area contributed by atoms with E-state index >= 15 is 0 Å². The molecule has 17 heavy (non-hydrogen) atoms. The summed E-state index contributed by atoms with van der Waals surface area (Å²) in [7, 11) is 0. The van der Waals surface area contributed by atoms with Gasteiger partial charge >= 0.3 is 0 Å². The van der Waals surface area contributed by atoms with Crippen molar-refractivity contribution in [1.29, 1.82) is 0 Å². The molecule has 2 aromatic heterocycles. The highest BCUT2D eigenvalue weighted by molar-refractivity contribution is 8.00. The molecule has 0 saturated heterocycles. The van der Waals surface area contributed by atoms with Crippen molar-refractivity contribution in [2.75, 3.05) is 0 Å². The normalized spacial score (nSPS) is 10.8. The van der Waals surface area contributed by atoms with Gasteiger partial charge in [0, 0.05) is 17.8 Å². The predicted molar refractivity (Wildman–Crippen MR) is 66.5 cm³/mol. The van der Waals surface area contributed by atoms with Gasteiger partial charge in [-0.1, -0.05) is 12.1 Å². The molecule has 0 radical (unpaired) electrons. The molecule has 0 N–H and O–H groups in total. The van der Waals surface area contributed by atoms with Crippen LogP contribution in [-0.2, 0) is 0 Å². The van der Waals surface area contributed by atoms with Crippen LogP contribution in [-0.4, -0.2) is 9.97 Å². The second-order valence-corrected chi connectivity index (χ2v) is 5.28. The minimum atomic E-state index is -0.248. The van der Waals surface area contributed by atoms with Gasteiger partial charge in [-0.05, 0) is 17.5 Å². The zero-order valence-corrected chi connectivity index (χ0v) is 10.1. The van der Waals surface area contributed by atoms with Crippen LogP contribution in [0.2, 0.25) is 0 Å². The smallest absolute Gasteiger partial charge is 0.272 e. The zero-order valence-electron chi connectivity index (χ0n) is 8.49. The number of benzene rings is 1. The summed E-state index contributed by atoms with van der Waals surface area (Å²) < 4.78 is 6.16. The Morgan fingerprint density at radius 3 is 2.88 bits per heavy atom. The predicted octanol–water partition coefficient (Wildman–Crippen LogP) is 2.80. The van der Waals surface area contributed by atoms with Crippen molar-refractivity contribution in [2.45, 2.75) is 9.56 Å². The van der Waals surface area contributed by atoms with Gasteiger partial charge in [0.2, 0.25) is 0 Å². The van der Waals surface area contributed by atoms with E-state index in [4.69, 9.17) is 4.42 Å². The van der Waals surface area contributed by atoms with Gasteiger partial charge in [-0.2, -0.15) is 4.98 Å². The highest BCUT2D eigenvalue weighted by atomic mass is 32.2. The van der Waals surface area contributed by atoms with E-state index in [1.54, 1.807) is 5.38 Å². The van der Waals surface area contributed by atoms with Crippen molar-refractivity contribution < 1.29 is 4.42 Å². The lowest BCUT2D eigenvalue weighted by Gasteiger charge is -1.91. The molecular formula is C11H6N2O2S2. The standard InChI is InChI=1S/C11H6N2O2S2/c14-9-5-6-16-11(13-9)17-10-12-7-3-1-2-4-8(7)15-10/h1-6H. The molecule has 3 aromatic rings. The number of hydrogen-bond donors (Lipinski definition) is 0. The molecule has 0 bridgehead atoms. The maximum atomic E-state index is 11.1. The largest absolute Gasteiger partial charge is 0.431 e. The Hall–Kier alpha value is -1.66. The van der Waals surface area contributed by atoms with Crippen molar-refractivity contribution in [1.82, 2.24) is 9.97 Å². The Kier molecular flexibility index (Phi) is 2.66. The number of hydrogen-bond acceptors (Lipinski definition) is 6. The lowest BCUT2D eigenvalue weighted by molar-refractivity contribution is 0.489. The molecule has 6 heteroatoms. The van der Waals surface area contributed by atoms with Gasteiger partial charge in [-0.25, -0.2) is 4.98 Å². The van der Waals surface area contributed by atoms with Gasteiger partial charge in [0.1, 0.15) is 5.52 Å². The zero-order chi connectivity index (χ0) is 11.7. The van der Waals surface area contributed by atoms with E-state index in [1.165, 1.54) is 29.2 Å². The molecule has 0 spiro atoms. The van der Waals surface area contributed by atoms with Crippen LogP contribution in [0.3, 0.4) is 0 Å². The molecule has 0 saturated carbocycles. The van der Waals surface area contributed by atoms with Crippen molar-refractivity contribution in [2.24, 2.45) is 0 Å². The Balaban J connectivity index is 1.97. The summed E-state index contributed by atoms with van der Waals surface area (Å²) in [5.74, 6) is 0. The van der Waals surface area contributed by atoms with Gasteiger partial charge in [0.05, 0.1) is 0 Å². The van der Waals surface area contributed by atoms with Crippen LogP contribution in [0.5, 0.6) is 0 Å². The summed E-state index contributed by atoms with van der Waals surface area (Å²) in [6.45, 7) is 0. The van der Waals surface area contributed by atoms with E-state index in [9.17, 15) is 4.79 Å². The summed E-state index contributed by atoms with van der Waals surface area (Å²) in [6, 6.07) is 8.96. The average molecular weight is 262 g/mol. The summed E-state index contributed by atoms with van der Waals surface area (Å²) in [5, 5.41) is 2.21. The first-order valence-electron chi connectivity index (χ1n) is 4.80. The van der Waals surface area contributed by atoms with Gasteiger partial charge in [-0.15, -0.1) is 11.3 Å². The van der Waals surface area contributed by atoms with Crippen LogP contribution in [0.1, 0.15) is 0 Å². The van der Waals surface area contributed by atoms with E-state index in [0.29, 0.717) is 9.56 Å². The first kappa shape index (κ1) is 10.5. The summed E-state index contributed by atoms with van der Waals surface area (Å²) >= 11 is 2.64. The Morgan fingerprint density at radius 2 is 2.06 bits per heavy atom. The van der Waals surface area contributed by atoms with Crippen LogP contribution in [0.4, 0.5) is 0 Å². The average Bonchev–Trinajstić information content (AvgIpc) is 2.71. The van der Waals surface area contributed by atoms with Gasteiger partial charge < -0.3 is 4.42 Å². The lowest BCUT2D eigenvalue weighted by Crippen LogP contribution is -2.01. The molecule has 0 atom stereocenters. The highest BCUT2D eigenvalue weighted by Crippen LogP contribution is 2.29. The first-order valence-corrected chi connectivity index (χ1v) is 6.50. The highest BCUT2D eigenvalue weighted by Gasteiger charge is 2.08. The monoisotopic (exact) mass is 262 g/mol. The van der Waals surface area contributed by atoms with Gasteiger partial charge in [0.25, 0.3) is 10.8 Å². The minimum absolute atomic E-state index is 0.248. The van der Waals surface area contributed by atoms with Crippen molar-refractivity contribution in [3.05, 3.63) is 46.1 Å². The number of para-hydroxylation sites is 2. The fraction of sp³-hybridized carbons (Fsp3) is 0. The molecule has 0 aliphatic heterocycles. The van der Waals surface area contributed by atoms with E-state index in [2.05, 4.69) is 9.97 Å². The number of rotatable bonds is 2. The minimum Gasteiger partial charge on any atom is -0.431 e. The number of aromatic nitrogens is 2. The molecule has 3 rings (SSSR count). The Bertz CT molecular complexity index is 687.